The van der Waals surface area contributed by atoms with Crippen LogP contribution in [0.25, 0.3) is 0 Å². The molecule has 7 heteroatoms. The molecule has 0 aliphatic carbocycles. The van der Waals surface area contributed by atoms with Crippen LogP contribution in [0.4, 0.5) is 0 Å². The van der Waals surface area contributed by atoms with E-state index in [1.54, 1.807) is 26.0 Å². The summed E-state index contributed by atoms with van der Waals surface area (Å²) in [5.41, 5.74) is -0.335. The standard InChI is InChI=1S/C14H17Cl3N2O2/c1-14(2,8-15)13(21)19-6-5-18-12(20)10-7-9(16)3-4-11(10)17/h3-4,7H,5-6,8H2,1-2H3,(H,18,20)(H,19,21). The fraction of sp³-hybridized carbons (Fsp3) is 0.429. The average molecular weight is 352 g/mol. The Kier molecular flexibility index (Phi) is 6.78. The van der Waals surface area contributed by atoms with Gasteiger partial charge in [0, 0.05) is 24.0 Å². The lowest BCUT2D eigenvalue weighted by atomic mass is 9.95. The van der Waals surface area contributed by atoms with Crippen molar-refractivity contribution >= 4 is 46.6 Å². The third kappa shape index (κ3) is 5.38. The van der Waals surface area contributed by atoms with Gasteiger partial charge in [-0.25, -0.2) is 0 Å². The molecule has 0 aromatic heterocycles. The van der Waals surface area contributed by atoms with Crippen molar-refractivity contribution in [1.29, 1.82) is 0 Å². The van der Waals surface area contributed by atoms with Crippen LogP contribution in [0.1, 0.15) is 24.2 Å². The smallest absolute Gasteiger partial charge is 0.252 e. The number of benzene rings is 1. The van der Waals surface area contributed by atoms with E-state index in [1.165, 1.54) is 6.07 Å². The topological polar surface area (TPSA) is 58.2 Å². The first-order valence-corrected chi connectivity index (χ1v) is 7.64. The molecule has 0 heterocycles. The fourth-order valence-corrected chi connectivity index (χ4v) is 1.92. The van der Waals surface area contributed by atoms with Crippen molar-refractivity contribution in [3.63, 3.8) is 0 Å². The van der Waals surface area contributed by atoms with Gasteiger partial charge in [-0.3, -0.25) is 9.59 Å². The molecule has 0 fully saturated rings. The highest BCUT2D eigenvalue weighted by molar-refractivity contribution is 6.35. The summed E-state index contributed by atoms with van der Waals surface area (Å²) >= 11 is 17.5. The molecule has 0 bridgehead atoms. The second-order valence-corrected chi connectivity index (χ2v) is 6.26. The molecule has 0 radical (unpaired) electrons. The van der Waals surface area contributed by atoms with Crippen LogP contribution in [-0.4, -0.2) is 30.8 Å². The number of halogens is 3. The van der Waals surface area contributed by atoms with Gasteiger partial charge in [-0.05, 0) is 32.0 Å². The van der Waals surface area contributed by atoms with E-state index in [-0.39, 0.29) is 24.2 Å². The first-order valence-electron chi connectivity index (χ1n) is 6.35. The zero-order valence-electron chi connectivity index (χ0n) is 11.8. The van der Waals surface area contributed by atoms with Gasteiger partial charge in [-0.15, -0.1) is 11.6 Å². The van der Waals surface area contributed by atoms with Crippen LogP contribution in [0.3, 0.4) is 0 Å². The van der Waals surface area contributed by atoms with Crippen molar-refractivity contribution in [1.82, 2.24) is 10.6 Å². The average Bonchev–Trinajstić information content (AvgIpc) is 2.45. The Morgan fingerprint density at radius 1 is 1.14 bits per heavy atom. The predicted octanol–water partition coefficient (Wildman–Crippen LogP) is 3.10. The second-order valence-electron chi connectivity index (χ2n) is 5.15. The lowest BCUT2D eigenvalue weighted by Crippen LogP contribution is -2.42. The highest BCUT2D eigenvalue weighted by atomic mass is 35.5. The lowest BCUT2D eigenvalue weighted by Gasteiger charge is -2.20. The molecule has 0 spiro atoms. The largest absolute Gasteiger partial charge is 0.354 e. The highest BCUT2D eigenvalue weighted by Crippen LogP contribution is 2.20. The van der Waals surface area contributed by atoms with Gasteiger partial charge in [0.1, 0.15) is 0 Å². The molecule has 0 aliphatic rings. The molecule has 2 N–H and O–H groups in total. The van der Waals surface area contributed by atoms with Crippen molar-refractivity contribution in [2.75, 3.05) is 19.0 Å². The van der Waals surface area contributed by atoms with Gasteiger partial charge >= 0.3 is 0 Å². The zero-order valence-corrected chi connectivity index (χ0v) is 14.1. The van der Waals surface area contributed by atoms with Crippen molar-refractivity contribution in [2.24, 2.45) is 5.41 Å². The summed E-state index contributed by atoms with van der Waals surface area (Å²) in [5.74, 6) is -0.274. The van der Waals surface area contributed by atoms with Crippen molar-refractivity contribution in [3.8, 4) is 0 Å². The molecular weight excluding hydrogens is 335 g/mol. The highest BCUT2D eigenvalue weighted by Gasteiger charge is 2.25. The van der Waals surface area contributed by atoms with Crippen LogP contribution < -0.4 is 10.6 Å². The Morgan fingerprint density at radius 3 is 2.38 bits per heavy atom. The van der Waals surface area contributed by atoms with Crippen LogP contribution in [0, 0.1) is 5.41 Å². The Bertz CT molecular complexity index is 533. The molecule has 1 aromatic carbocycles. The van der Waals surface area contributed by atoms with Crippen molar-refractivity contribution in [2.45, 2.75) is 13.8 Å². The van der Waals surface area contributed by atoms with Crippen molar-refractivity contribution < 1.29 is 9.59 Å². The van der Waals surface area contributed by atoms with E-state index in [4.69, 9.17) is 34.8 Å². The van der Waals surface area contributed by atoms with Crippen LogP contribution in [0.15, 0.2) is 18.2 Å². The quantitative estimate of drug-likeness (QED) is 0.611. The third-order valence-electron chi connectivity index (χ3n) is 2.82. The second kappa shape index (κ2) is 7.87. The van der Waals surface area contributed by atoms with Crippen LogP contribution in [-0.2, 0) is 4.79 Å². The molecule has 0 atom stereocenters. The maximum Gasteiger partial charge on any atom is 0.252 e. The fourth-order valence-electron chi connectivity index (χ4n) is 1.42. The molecule has 116 valence electrons. The van der Waals surface area contributed by atoms with Gasteiger partial charge in [0.25, 0.3) is 5.91 Å². The van der Waals surface area contributed by atoms with E-state index in [2.05, 4.69) is 10.6 Å². The molecule has 0 saturated carbocycles. The molecule has 0 unspecified atom stereocenters. The van der Waals surface area contributed by atoms with Crippen molar-refractivity contribution in [3.05, 3.63) is 33.8 Å². The van der Waals surface area contributed by atoms with Crippen LogP contribution in [0.2, 0.25) is 10.0 Å². The summed E-state index contributed by atoms with van der Waals surface area (Å²) in [6, 6.07) is 4.66. The van der Waals surface area contributed by atoms with Gasteiger partial charge in [0.05, 0.1) is 16.0 Å². The normalized spacial score (nSPS) is 11.1. The molecule has 21 heavy (non-hydrogen) atoms. The van der Waals surface area contributed by atoms with Crippen LogP contribution in [0.5, 0.6) is 0 Å². The monoisotopic (exact) mass is 350 g/mol. The summed E-state index contributed by atoms with van der Waals surface area (Å²) in [7, 11) is 0. The number of amides is 2. The van der Waals surface area contributed by atoms with E-state index in [9.17, 15) is 9.59 Å². The Balaban J connectivity index is 2.44. The number of carbonyl (C=O) groups excluding carboxylic acids is 2. The molecule has 0 aliphatic heterocycles. The minimum Gasteiger partial charge on any atom is -0.354 e. The van der Waals surface area contributed by atoms with Crippen LogP contribution >= 0.6 is 34.8 Å². The van der Waals surface area contributed by atoms with E-state index >= 15 is 0 Å². The zero-order chi connectivity index (χ0) is 16.0. The number of nitrogens with one attached hydrogen (secondary N) is 2. The summed E-state index contributed by atoms with van der Waals surface area (Å²) in [6.07, 6.45) is 0. The van der Waals surface area contributed by atoms with Gasteiger partial charge in [0.2, 0.25) is 5.91 Å². The van der Waals surface area contributed by atoms with Gasteiger partial charge in [-0.1, -0.05) is 23.2 Å². The Morgan fingerprint density at radius 2 is 1.76 bits per heavy atom. The SMILES string of the molecule is CC(C)(CCl)C(=O)NCCNC(=O)c1cc(Cl)ccc1Cl. The molecular formula is C14H17Cl3N2O2. The molecule has 0 saturated heterocycles. The number of rotatable bonds is 6. The number of hydrogen-bond acceptors (Lipinski definition) is 2. The molecule has 1 aromatic rings. The summed E-state index contributed by atoms with van der Waals surface area (Å²) in [6.45, 7) is 4.09. The van der Waals surface area contributed by atoms with E-state index < -0.39 is 5.41 Å². The molecule has 1 rings (SSSR count). The first-order chi connectivity index (χ1) is 9.77. The predicted molar refractivity (Wildman–Crippen MR) is 86.3 cm³/mol. The molecule has 2 amide bonds. The van der Waals surface area contributed by atoms with Gasteiger partial charge < -0.3 is 10.6 Å². The van der Waals surface area contributed by atoms with E-state index in [0.29, 0.717) is 22.2 Å². The van der Waals surface area contributed by atoms with E-state index in [0.717, 1.165) is 0 Å². The minimum absolute atomic E-state index is 0.160. The van der Waals surface area contributed by atoms with E-state index in [1.807, 2.05) is 0 Å². The minimum atomic E-state index is -0.637. The summed E-state index contributed by atoms with van der Waals surface area (Å²) in [4.78, 5) is 23.7. The van der Waals surface area contributed by atoms with Gasteiger partial charge in [-0.2, -0.15) is 0 Å². The lowest BCUT2D eigenvalue weighted by molar-refractivity contribution is -0.128. The number of carbonyl (C=O) groups is 2. The first kappa shape index (κ1) is 18.1. The summed E-state index contributed by atoms with van der Waals surface area (Å²) in [5, 5.41) is 6.13. The Hall–Kier alpha value is -0.970. The maximum absolute atomic E-state index is 11.9. The number of alkyl halides is 1. The summed E-state index contributed by atoms with van der Waals surface area (Å²) < 4.78 is 0. The number of hydrogen-bond donors (Lipinski definition) is 2. The van der Waals surface area contributed by atoms with Gasteiger partial charge in [0.15, 0.2) is 0 Å². The molecule has 4 nitrogen and oxygen atoms in total. The Labute approximate surface area is 139 Å². The maximum atomic E-state index is 11.9. The third-order valence-corrected chi connectivity index (χ3v) is 4.05.